The molecule has 104 valence electrons. The quantitative estimate of drug-likeness (QED) is 0.823. The van der Waals surface area contributed by atoms with Crippen LogP contribution in [0.25, 0.3) is 10.8 Å². The molecular weight excluding hydrogens is 336 g/mol. The molecule has 5 heteroatoms. The normalized spacial score (nSPS) is 12.1. The Morgan fingerprint density at radius 3 is 2.55 bits per heavy atom. The summed E-state index contributed by atoms with van der Waals surface area (Å²) in [7, 11) is 0. The number of benzene rings is 2. The number of hydrogen-bond acceptors (Lipinski definition) is 2. The number of fused-ring (bicyclic) bond motifs is 1. The number of nitrogens with one attached hydrogen (secondary N) is 1. The maximum atomic E-state index is 12.2. The van der Waals surface area contributed by atoms with Crippen molar-refractivity contribution < 1.29 is 4.79 Å². The summed E-state index contributed by atoms with van der Waals surface area (Å²) in [6.45, 7) is 1.89. The maximum Gasteiger partial charge on any atom is 0.234 e. The average molecular weight is 351 g/mol. The lowest BCUT2D eigenvalue weighted by atomic mass is 10.0. The second-order valence-electron chi connectivity index (χ2n) is 4.49. The third kappa shape index (κ3) is 2.99. The third-order valence-electron chi connectivity index (χ3n) is 3.20. The summed E-state index contributed by atoms with van der Waals surface area (Å²) >= 11 is 8.44. The van der Waals surface area contributed by atoms with Crippen LogP contribution in [0, 0.1) is 5.92 Å². The van der Waals surface area contributed by atoms with Gasteiger partial charge in [0.25, 0.3) is 0 Å². The second-order valence-corrected chi connectivity index (χ2v) is 5.82. The van der Waals surface area contributed by atoms with Gasteiger partial charge in [-0.1, -0.05) is 59.3 Å². The minimum absolute atomic E-state index is 0.160. The molecule has 0 radical (unpaired) electrons. The van der Waals surface area contributed by atoms with Crippen molar-refractivity contribution in [2.24, 2.45) is 11.7 Å². The minimum Gasteiger partial charge on any atom is -0.393 e. The van der Waals surface area contributed by atoms with Crippen molar-refractivity contribution in [1.82, 2.24) is 0 Å². The Hall–Kier alpha value is -1.46. The molecule has 0 bridgehead atoms. The second kappa shape index (κ2) is 6.33. The SMILES string of the molecule is CCC(C(=O)Nc1ccc(Br)c2ccccc12)C(N)=S. The minimum atomic E-state index is -0.438. The van der Waals surface area contributed by atoms with Crippen molar-refractivity contribution >= 4 is 55.5 Å². The Morgan fingerprint density at radius 1 is 1.30 bits per heavy atom. The summed E-state index contributed by atoms with van der Waals surface area (Å²) in [5, 5.41) is 4.95. The number of anilines is 1. The first-order valence-electron chi connectivity index (χ1n) is 6.32. The van der Waals surface area contributed by atoms with Crippen LogP contribution in [-0.2, 0) is 4.79 Å². The largest absolute Gasteiger partial charge is 0.393 e. The van der Waals surface area contributed by atoms with Gasteiger partial charge in [0, 0.05) is 15.5 Å². The van der Waals surface area contributed by atoms with Crippen LogP contribution in [0.2, 0.25) is 0 Å². The average Bonchev–Trinajstić information content (AvgIpc) is 2.42. The highest BCUT2D eigenvalue weighted by molar-refractivity contribution is 9.10. The monoisotopic (exact) mass is 350 g/mol. The van der Waals surface area contributed by atoms with Crippen LogP contribution in [0.3, 0.4) is 0 Å². The molecule has 0 fully saturated rings. The Kier molecular flexibility index (Phi) is 4.73. The predicted molar refractivity (Wildman–Crippen MR) is 90.8 cm³/mol. The number of carbonyl (C=O) groups excluding carboxylic acids is 1. The zero-order chi connectivity index (χ0) is 14.7. The molecule has 0 aliphatic heterocycles. The molecule has 3 nitrogen and oxygen atoms in total. The van der Waals surface area contributed by atoms with E-state index >= 15 is 0 Å². The fourth-order valence-electron chi connectivity index (χ4n) is 2.11. The van der Waals surface area contributed by atoms with Gasteiger partial charge in [-0.05, 0) is 23.9 Å². The molecule has 0 aliphatic rings. The van der Waals surface area contributed by atoms with E-state index < -0.39 is 5.92 Å². The van der Waals surface area contributed by atoms with E-state index in [1.807, 2.05) is 43.3 Å². The standard InChI is InChI=1S/C15H15BrN2OS/c1-2-9(14(17)20)15(19)18-13-8-7-12(16)10-5-3-4-6-11(10)13/h3-9H,2H2,1H3,(H2,17,20)(H,18,19). The molecule has 0 spiro atoms. The molecule has 1 amide bonds. The van der Waals surface area contributed by atoms with E-state index in [9.17, 15) is 4.79 Å². The van der Waals surface area contributed by atoms with E-state index in [4.69, 9.17) is 18.0 Å². The summed E-state index contributed by atoms with van der Waals surface area (Å²) in [5.74, 6) is -0.597. The molecular formula is C15H15BrN2OS. The highest BCUT2D eigenvalue weighted by Crippen LogP contribution is 2.30. The fraction of sp³-hybridized carbons (Fsp3) is 0.200. The fourth-order valence-corrected chi connectivity index (χ4v) is 2.86. The molecule has 1 atom stereocenters. The summed E-state index contributed by atoms with van der Waals surface area (Å²) in [4.78, 5) is 12.5. The molecule has 20 heavy (non-hydrogen) atoms. The van der Waals surface area contributed by atoms with Crippen LogP contribution < -0.4 is 11.1 Å². The van der Waals surface area contributed by atoms with Crippen molar-refractivity contribution in [2.45, 2.75) is 13.3 Å². The Morgan fingerprint density at radius 2 is 1.95 bits per heavy atom. The van der Waals surface area contributed by atoms with Crippen LogP contribution in [0.4, 0.5) is 5.69 Å². The molecule has 3 N–H and O–H groups in total. The molecule has 2 rings (SSSR count). The Labute approximate surface area is 131 Å². The van der Waals surface area contributed by atoms with Crippen LogP contribution >= 0.6 is 28.1 Å². The molecule has 0 aliphatic carbocycles. The van der Waals surface area contributed by atoms with Crippen molar-refractivity contribution in [3.63, 3.8) is 0 Å². The van der Waals surface area contributed by atoms with Crippen molar-refractivity contribution in [2.75, 3.05) is 5.32 Å². The van der Waals surface area contributed by atoms with Gasteiger partial charge >= 0.3 is 0 Å². The van der Waals surface area contributed by atoms with Crippen LogP contribution in [0.1, 0.15) is 13.3 Å². The van der Waals surface area contributed by atoms with E-state index in [-0.39, 0.29) is 10.9 Å². The van der Waals surface area contributed by atoms with Crippen LogP contribution in [0.5, 0.6) is 0 Å². The van der Waals surface area contributed by atoms with Gasteiger partial charge < -0.3 is 11.1 Å². The van der Waals surface area contributed by atoms with E-state index in [2.05, 4.69) is 21.2 Å². The Balaban J connectivity index is 2.37. The molecule has 0 heterocycles. The van der Waals surface area contributed by atoms with Gasteiger partial charge in [-0.3, -0.25) is 4.79 Å². The smallest absolute Gasteiger partial charge is 0.234 e. The van der Waals surface area contributed by atoms with Crippen LogP contribution in [0.15, 0.2) is 40.9 Å². The highest BCUT2D eigenvalue weighted by atomic mass is 79.9. The van der Waals surface area contributed by atoms with Gasteiger partial charge in [-0.2, -0.15) is 0 Å². The van der Waals surface area contributed by atoms with E-state index in [0.29, 0.717) is 6.42 Å². The molecule has 2 aromatic carbocycles. The van der Waals surface area contributed by atoms with Crippen molar-refractivity contribution in [3.05, 3.63) is 40.9 Å². The van der Waals surface area contributed by atoms with E-state index in [1.54, 1.807) is 0 Å². The third-order valence-corrected chi connectivity index (χ3v) is 4.17. The topological polar surface area (TPSA) is 55.1 Å². The van der Waals surface area contributed by atoms with Gasteiger partial charge in [0.05, 0.1) is 10.9 Å². The molecule has 2 aromatic rings. The molecule has 0 aromatic heterocycles. The summed E-state index contributed by atoms with van der Waals surface area (Å²) in [6.07, 6.45) is 0.593. The lowest BCUT2D eigenvalue weighted by Crippen LogP contribution is -2.32. The molecule has 0 saturated heterocycles. The van der Waals surface area contributed by atoms with Gasteiger partial charge in [-0.15, -0.1) is 0 Å². The first kappa shape index (κ1) is 14.9. The van der Waals surface area contributed by atoms with Crippen molar-refractivity contribution in [3.8, 4) is 0 Å². The highest BCUT2D eigenvalue weighted by Gasteiger charge is 2.20. The predicted octanol–water partition coefficient (Wildman–Crippen LogP) is 3.85. The maximum absolute atomic E-state index is 12.2. The van der Waals surface area contributed by atoms with E-state index in [0.717, 1.165) is 20.9 Å². The number of amides is 1. The Bertz CT molecular complexity index is 672. The molecule has 1 unspecified atom stereocenters. The van der Waals surface area contributed by atoms with E-state index in [1.165, 1.54) is 0 Å². The lowest BCUT2D eigenvalue weighted by molar-refractivity contribution is -0.118. The zero-order valence-electron chi connectivity index (χ0n) is 11.0. The van der Waals surface area contributed by atoms with Gasteiger partial charge in [0.2, 0.25) is 5.91 Å². The van der Waals surface area contributed by atoms with Gasteiger partial charge in [0.1, 0.15) is 0 Å². The number of rotatable bonds is 4. The van der Waals surface area contributed by atoms with Crippen LogP contribution in [-0.4, -0.2) is 10.9 Å². The summed E-state index contributed by atoms with van der Waals surface area (Å²) in [5.41, 5.74) is 6.37. The lowest BCUT2D eigenvalue weighted by Gasteiger charge is -2.15. The van der Waals surface area contributed by atoms with Gasteiger partial charge in [-0.25, -0.2) is 0 Å². The van der Waals surface area contributed by atoms with Gasteiger partial charge in [0.15, 0.2) is 0 Å². The summed E-state index contributed by atoms with van der Waals surface area (Å²) in [6, 6.07) is 11.7. The number of hydrogen-bond donors (Lipinski definition) is 2. The number of thiocarbonyl (C=S) groups is 1. The molecule has 0 saturated carbocycles. The number of nitrogens with two attached hydrogens (primary N) is 1. The zero-order valence-corrected chi connectivity index (χ0v) is 13.4. The number of halogens is 1. The first-order chi connectivity index (χ1) is 9.54. The number of carbonyl (C=O) groups is 1. The van der Waals surface area contributed by atoms with Crippen molar-refractivity contribution in [1.29, 1.82) is 0 Å². The first-order valence-corrected chi connectivity index (χ1v) is 7.52. The summed E-state index contributed by atoms with van der Waals surface area (Å²) < 4.78 is 0.993.